The zero-order chi connectivity index (χ0) is 21.8. The molecule has 4 rings (SSSR count). The number of carbonyl (C=O) groups is 2. The number of aromatic nitrogens is 4. The zero-order valence-corrected chi connectivity index (χ0v) is 16.5. The minimum absolute atomic E-state index is 0.194. The predicted molar refractivity (Wildman–Crippen MR) is 111 cm³/mol. The number of ether oxygens (including phenoxy) is 1. The Morgan fingerprint density at radius 2 is 1.61 bits per heavy atom. The van der Waals surface area contributed by atoms with Gasteiger partial charge in [-0.25, -0.2) is 18.5 Å². The highest BCUT2D eigenvalue weighted by Crippen LogP contribution is 2.15. The number of carbonyl (C=O) groups excluding carboxylic acids is 2. The molecule has 31 heavy (non-hydrogen) atoms. The summed E-state index contributed by atoms with van der Waals surface area (Å²) in [4.78, 5) is 24.2. The van der Waals surface area contributed by atoms with E-state index in [1.165, 1.54) is 16.8 Å². The zero-order valence-electron chi connectivity index (χ0n) is 16.5. The van der Waals surface area contributed by atoms with Crippen LogP contribution in [0.1, 0.15) is 27.9 Å². The Labute approximate surface area is 176 Å². The van der Waals surface area contributed by atoms with Crippen LogP contribution < -0.4 is 5.32 Å². The van der Waals surface area contributed by atoms with Crippen LogP contribution in [0.4, 0.5) is 10.1 Å². The third-order valence-electron chi connectivity index (χ3n) is 4.36. The van der Waals surface area contributed by atoms with Crippen molar-refractivity contribution in [1.82, 2.24) is 19.6 Å². The summed E-state index contributed by atoms with van der Waals surface area (Å²) in [6.45, 7) is 2.01. The number of nitrogens with zero attached hydrogens (tertiary/aromatic N) is 4. The van der Waals surface area contributed by atoms with E-state index in [0.29, 0.717) is 17.1 Å². The summed E-state index contributed by atoms with van der Waals surface area (Å²) in [5.74, 6) is -1.26. The minimum Gasteiger partial charge on any atom is -0.461 e. The van der Waals surface area contributed by atoms with E-state index in [1.807, 2.05) is 0 Å². The lowest BCUT2D eigenvalue weighted by Crippen LogP contribution is -2.13. The maximum absolute atomic E-state index is 13.4. The lowest BCUT2D eigenvalue weighted by molar-refractivity contribution is 0.0519. The molecule has 1 amide bonds. The Morgan fingerprint density at radius 1 is 0.935 bits per heavy atom. The topological polar surface area (TPSA) is 91.0 Å². The quantitative estimate of drug-likeness (QED) is 0.482. The summed E-state index contributed by atoms with van der Waals surface area (Å²) in [7, 11) is 0. The number of hydrogen-bond donors (Lipinski definition) is 1. The standard InChI is InChI=1S/C22H18FN5O3/c1-2-31-22(30)20-11-13-27(26-20)17-8-6-16(7-9-17)24-21(29)19-10-12-28(25-19)18-5-3-4-15(23)14-18/h3-14H,2H2,1H3,(H,24,29). The van der Waals surface area contributed by atoms with Crippen molar-refractivity contribution in [2.75, 3.05) is 11.9 Å². The molecule has 0 atom stereocenters. The number of esters is 1. The van der Waals surface area contributed by atoms with Crippen LogP contribution in [0.3, 0.4) is 0 Å². The van der Waals surface area contributed by atoms with Crippen LogP contribution in [-0.4, -0.2) is 38.0 Å². The summed E-state index contributed by atoms with van der Waals surface area (Å²) in [5.41, 5.74) is 2.20. The number of nitrogens with one attached hydrogen (secondary N) is 1. The first-order valence-electron chi connectivity index (χ1n) is 9.49. The van der Waals surface area contributed by atoms with E-state index in [9.17, 15) is 14.0 Å². The van der Waals surface area contributed by atoms with Crippen LogP contribution in [0.5, 0.6) is 0 Å². The second-order valence-electron chi connectivity index (χ2n) is 6.49. The summed E-state index contributed by atoms with van der Waals surface area (Å²) in [6, 6.07) is 16.0. The summed E-state index contributed by atoms with van der Waals surface area (Å²) in [5, 5.41) is 11.1. The van der Waals surface area contributed by atoms with Gasteiger partial charge >= 0.3 is 5.97 Å². The van der Waals surface area contributed by atoms with Gasteiger partial charge in [-0.1, -0.05) is 6.07 Å². The molecule has 2 aromatic heterocycles. The first-order chi connectivity index (χ1) is 15.0. The van der Waals surface area contributed by atoms with Crippen LogP contribution in [0.2, 0.25) is 0 Å². The number of benzene rings is 2. The van der Waals surface area contributed by atoms with Crippen molar-refractivity contribution >= 4 is 17.6 Å². The molecular formula is C22H18FN5O3. The fraction of sp³-hybridized carbons (Fsp3) is 0.0909. The lowest BCUT2D eigenvalue weighted by atomic mass is 10.2. The minimum atomic E-state index is -0.484. The summed E-state index contributed by atoms with van der Waals surface area (Å²) >= 11 is 0. The van der Waals surface area contributed by atoms with Gasteiger partial charge in [0, 0.05) is 18.1 Å². The van der Waals surface area contributed by atoms with Gasteiger partial charge < -0.3 is 10.1 Å². The molecule has 8 nitrogen and oxygen atoms in total. The molecule has 0 radical (unpaired) electrons. The van der Waals surface area contributed by atoms with E-state index in [0.717, 1.165) is 0 Å². The van der Waals surface area contributed by atoms with Gasteiger partial charge in [0.15, 0.2) is 11.4 Å². The normalized spacial score (nSPS) is 10.6. The molecule has 0 aliphatic rings. The maximum atomic E-state index is 13.4. The van der Waals surface area contributed by atoms with Crippen molar-refractivity contribution in [3.05, 3.63) is 90.3 Å². The molecule has 2 heterocycles. The average Bonchev–Trinajstić information content (AvgIpc) is 3.45. The highest BCUT2D eigenvalue weighted by Gasteiger charge is 2.13. The molecule has 0 bridgehead atoms. The predicted octanol–water partition coefficient (Wildman–Crippen LogP) is 3.63. The third-order valence-corrected chi connectivity index (χ3v) is 4.36. The van der Waals surface area contributed by atoms with Gasteiger partial charge in [-0.3, -0.25) is 4.79 Å². The Bertz CT molecular complexity index is 1230. The van der Waals surface area contributed by atoms with Crippen LogP contribution in [0.25, 0.3) is 11.4 Å². The number of amides is 1. The first-order valence-corrected chi connectivity index (χ1v) is 9.49. The van der Waals surface area contributed by atoms with Gasteiger partial charge in [0.25, 0.3) is 5.91 Å². The molecule has 0 saturated carbocycles. The van der Waals surface area contributed by atoms with Crippen LogP contribution in [0.15, 0.2) is 73.1 Å². The van der Waals surface area contributed by atoms with E-state index in [-0.39, 0.29) is 23.8 Å². The van der Waals surface area contributed by atoms with Gasteiger partial charge in [0.05, 0.1) is 18.0 Å². The molecule has 0 aliphatic carbocycles. The Kier molecular flexibility index (Phi) is 5.57. The van der Waals surface area contributed by atoms with E-state index in [2.05, 4.69) is 15.5 Å². The van der Waals surface area contributed by atoms with Gasteiger partial charge in [-0.15, -0.1) is 0 Å². The van der Waals surface area contributed by atoms with Gasteiger partial charge in [-0.2, -0.15) is 10.2 Å². The molecular weight excluding hydrogens is 401 g/mol. The lowest BCUT2D eigenvalue weighted by Gasteiger charge is -2.06. The highest BCUT2D eigenvalue weighted by atomic mass is 19.1. The van der Waals surface area contributed by atoms with Crippen molar-refractivity contribution in [3.63, 3.8) is 0 Å². The molecule has 4 aromatic rings. The fourth-order valence-corrected chi connectivity index (χ4v) is 2.88. The van der Waals surface area contributed by atoms with E-state index in [1.54, 1.807) is 72.5 Å². The molecule has 2 aromatic carbocycles. The number of anilines is 1. The molecule has 9 heteroatoms. The molecule has 0 aliphatic heterocycles. The largest absolute Gasteiger partial charge is 0.461 e. The number of hydrogen-bond acceptors (Lipinski definition) is 5. The Morgan fingerprint density at radius 3 is 2.32 bits per heavy atom. The Balaban J connectivity index is 1.43. The van der Waals surface area contributed by atoms with Crippen LogP contribution >= 0.6 is 0 Å². The Hall–Kier alpha value is -4.27. The van der Waals surface area contributed by atoms with Gasteiger partial charge in [-0.05, 0) is 61.5 Å². The van der Waals surface area contributed by atoms with Crippen LogP contribution in [-0.2, 0) is 4.74 Å². The van der Waals surface area contributed by atoms with E-state index in [4.69, 9.17) is 4.74 Å². The summed E-state index contributed by atoms with van der Waals surface area (Å²) in [6.07, 6.45) is 3.24. The first kappa shape index (κ1) is 20.0. The molecule has 0 unspecified atom stereocenters. The van der Waals surface area contributed by atoms with Crippen molar-refractivity contribution in [3.8, 4) is 11.4 Å². The fourth-order valence-electron chi connectivity index (χ4n) is 2.88. The monoisotopic (exact) mass is 419 g/mol. The molecule has 1 N–H and O–H groups in total. The molecule has 0 spiro atoms. The number of halogens is 1. The molecule has 0 saturated heterocycles. The SMILES string of the molecule is CCOC(=O)c1ccn(-c2ccc(NC(=O)c3ccn(-c4cccc(F)c4)n3)cc2)n1. The smallest absolute Gasteiger partial charge is 0.358 e. The van der Waals surface area contributed by atoms with Crippen molar-refractivity contribution < 1.29 is 18.7 Å². The third kappa shape index (κ3) is 4.50. The van der Waals surface area contributed by atoms with Gasteiger partial charge in [0.1, 0.15) is 5.82 Å². The van der Waals surface area contributed by atoms with E-state index >= 15 is 0 Å². The van der Waals surface area contributed by atoms with Crippen molar-refractivity contribution in [2.45, 2.75) is 6.92 Å². The highest BCUT2D eigenvalue weighted by molar-refractivity contribution is 6.02. The summed E-state index contributed by atoms with van der Waals surface area (Å²) < 4.78 is 21.3. The molecule has 0 fully saturated rings. The second-order valence-corrected chi connectivity index (χ2v) is 6.49. The molecule has 156 valence electrons. The maximum Gasteiger partial charge on any atom is 0.358 e. The van der Waals surface area contributed by atoms with Crippen molar-refractivity contribution in [1.29, 1.82) is 0 Å². The van der Waals surface area contributed by atoms with Crippen molar-refractivity contribution in [2.24, 2.45) is 0 Å². The van der Waals surface area contributed by atoms with Crippen LogP contribution in [0, 0.1) is 5.82 Å². The van der Waals surface area contributed by atoms with Gasteiger partial charge in [0.2, 0.25) is 0 Å². The van der Waals surface area contributed by atoms with E-state index < -0.39 is 11.9 Å². The average molecular weight is 419 g/mol. The number of rotatable bonds is 6. The second kappa shape index (κ2) is 8.62.